The number of hydrogen-bond donors (Lipinski definition) is 2. The second kappa shape index (κ2) is 5.28. The Morgan fingerprint density at radius 2 is 1.75 bits per heavy atom. The molecule has 20 heavy (non-hydrogen) atoms. The molecule has 0 radical (unpaired) electrons. The highest BCUT2D eigenvalue weighted by atomic mass is 16.5. The Hall–Kier alpha value is -2.43. The highest BCUT2D eigenvalue weighted by molar-refractivity contribution is 5.96. The normalized spacial score (nSPS) is 10.4. The molecule has 0 aliphatic carbocycles. The van der Waals surface area contributed by atoms with Gasteiger partial charge in [0.05, 0.1) is 14.2 Å². The summed E-state index contributed by atoms with van der Waals surface area (Å²) in [6.45, 7) is 3.97. The van der Waals surface area contributed by atoms with Gasteiger partial charge in [0.15, 0.2) is 0 Å². The number of aryl methyl sites for hydroxylation is 2. The van der Waals surface area contributed by atoms with E-state index < -0.39 is 5.97 Å². The van der Waals surface area contributed by atoms with Gasteiger partial charge in [-0.05, 0) is 43.2 Å². The molecule has 0 amide bonds. The molecule has 0 atom stereocenters. The molecular formula is C15H18N2O3. The number of esters is 1. The first-order valence-electron chi connectivity index (χ1n) is 6.20. The zero-order valence-corrected chi connectivity index (χ0v) is 12.0. The van der Waals surface area contributed by atoms with Crippen molar-refractivity contribution >= 4 is 11.8 Å². The predicted molar refractivity (Wildman–Crippen MR) is 78.0 cm³/mol. The van der Waals surface area contributed by atoms with Gasteiger partial charge in [0.2, 0.25) is 0 Å². The van der Waals surface area contributed by atoms with Gasteiger partial charge in [-0.2, -0.15) is 0 Å². The summed E-state index contributed by atoms with van der Waals surface area (Å²) in [4.78, 5) is 14.6. The lowest BCUT2D eigenvalue weighted by Crippen LogP contribution is -2.02. The number of nitrogens with two attached hydrogens (primary N) is 1. The van der Waals surface area contributed by atoms with Crippen LogP contribution in [0.4, 0.5) is 5.82 Å². The van der Waals surface area contributed by atoms with Gasteiger partial charge in [0.1, 0.15) is 17.1 Å². The van der Waals surface area contributed by atoms with Crippen molar-refractivity contribution in [3.05, 3.63) is 34.9 Å². The number of rotatable bonds is 3. The average molecular weight is 274 g/mol. The number of ether oxygens (including phenoxy) is 2. The Morgan fingerprint density at radius 1 is 1.15 bits per heavy atom. The van der Waals surface area contributed by atoms with Crippen LogP contribution in [0.3, 0.4) is 0 Å². The molecule has 1 aromatic carbocycles. The van der Waals surface area contributed by atoms with Crippen LogP contribution in [0.5, 0.6) is 5.75 Å². The number of aromatic amines is 1. The SMILES string of the molecule is COC(=O)c1cc(-c2c(C)cc(OC)cc2C)[nH]c1N. The van der Waals surface area contributed by atoms with Crippen molar-refractivity contribution in [1.82, 2.24) is 4.98 Å². The smallest absolute Gasteiger partial charge is 0.341 e. The number of anilines is 1. The molecule has 0 spiro atoms. The summed E-state index contributed by atoms with van der Waals surface area (Å²) in [5.74, 6) is 0.659. The number of aromatic nitrogens is 1. The standard InChI is InChI=1S/C15H18N2O3/c1-8-5-10(19-3)6-9(2)13(8)12-7-11(14(16)17-12)15(18)20-4/h5-7,17H,16H2,1-4H3. The van der Waals surface area contributed by atoms with Gasteiger partial charge in [0, 0.05) is 11.3 Å². The lowest BCUT2D eigenvalue weighted by Gasteiger charge is -2.10. The summed E-state index contributed by atoms with van der Waals surface area (Å²) in [6, 6.07) is 5.59. The first kappa shape index (κ1) is 14.0. The van der Waals surface area contributed by atoms with Crippen LogP contribution in [0, 0.1) is 13.8 Å². The van der Waals surface area contributed by atoms with Gasteiger partial charge >= 0.3 is 5.97 Å². The molecule has 1 aromatic heterocycles. The zero-order chi connectivity index (χ0) is 14.9. The number of benzene rings is 1. The third kappa shape index (κ3) is 2.34. The summed E-state index contributed by atoms with van der Waals surface area (Å²) in [5.41, 5.74) is 10.1. The van der Waals surface area contributed by atoms with Crippen LogP contribution in [0.1, 0.15) is 21.5 Å². The number of nitrogen functional groups attached to an aromatic ring is 1. The molecule has 0 aliphatic rings. The van der Waals surface area contributed by atoms with Gasteiger partial charge in [-0.1, -0.05) is 0 Å². The van der Waals surface area contributed by atoms with Gasteiger partial charge in [-0.25, -0.2) is 4.79 Å². The minimum absolute atomic E-state index is 0.307. The molecule has 5 heteroatoms. The first-order chi connectivity index (χ1) is 9.47. The van der Waals surface area contributed by atoms with Crippen molar-refractivity contribution in [3.8, 4) is 17.0 Å². The van der Waals surface area contributed by atoms with E-state index in [1.54, 1.807) is 13.2 Å². The van der Waals surface area contributed by atoms with Crippen LogP contribution in [-0.4, -0.2) is 25.2 Å². The highest BCUT2D eigenvalue weighted by Crippen LogP contribution is 2.32. The van der Waals surface area contributed by atoms with E-state index in [1.165, 1.54) is 7.11 Å². The molecule has 0 aliphatic heterocycles. The van der Waals surface area contributed by atoms with Crippen LogP contribution in [-0.2, 0) is 4.74 Å². The summed E-state index contributed by atoms with van der Waals surface area (Å²) in [7, 11) is 2.97. The maximum absolute atomic E-state index is 11.6. The average Bonchev–Trinajstić information content (AvgIpc) is 2.78. The number of carbonyl (C=O) groups excluding carboxylic acids is 1. The van der Waals surface area contributed by atoms with Gasteiger partial charge < -0.3 is 20.2 Å². The summed E-state index contributed by atoms with van der Waals surface area (Å²) in [6.07, 6.45) is 0. The molecule has 3 N–H and O–H groups in total. The predicted octanol–water partition coefficient (Wildman–Crippen LogP) is 2.68. The summed E-state index contributed by atoms with van der Waals surface area (Å²) < 4.78 is 9.95. The molecule has 2 rings (SSSR count). The molecule has 1 heterocycles. The van der Waals surface area contributed by atoms with E-state index in [-0.39, 0.29) is 0 Å². The largest absolute Gasteiger partial charge is 0.497 e. The number of H-pyrrole nitrogens is 1. The second-order valence-corrected chi connectivity index (χ2v) is 4.64. The van der Waals surface area contributed by atoms with Gasteiger partial charge in [0.25, 0.3) is 0 Å². The number of hydrogen-bond acceptors (Lipinski definition) is 4. The van der Waals surface area contributed by atoms with Crippen LogP contribution >= 0.6 is 0 Å². The fraction of sp³-hybridized carbons (Fsp3) is 0.267. The van der Waals surface area contributed by atoms with Crippen LogP contribution in [0.2, 0.25) is 0 Å². The van der Waals surface area contributed by atoms with E-state index in [9.17, 15) is 4.79 Å². The molecule has 5 nitrogen and oxygen atoms in total. The summed E-state index contributed by atoms with van der Waals surface area (Å²) >= 11 is 0. The van der Waals surface area contributed by atoms with E-state index >= 15 is 0 Å². The van der Waals surface area contributed by atoms with Gasteiger partial charge in [-0.15, -0.1) is 0 Å². The molecular weight excluding hydrogens is 256 g/mol. The molecule has 106 valence electrons. The highest BCUT2D eigenvalue weighted by Gasteiger charge is 2.17. The second-order valence-electron chi connectivity index (χ2n) is 4.64. The number of methoxy groups -OCH3 is 2. The Kier molecular flexibility index (Phi) is 3.70. The van der Waals surface area contributed by atoms with Crippen molar-refractivity contribution in [3.63, 3.8) is 0 Å². The molecule has 0 saturated carbocycles. The zero-order valence-electron chi connectivity index (χ0n) is 12.0. The maximum atomic E-state index is 11.6. The van der Waals surface area contributed by atoms with Gasteiger partial charge in [-0.3, -0.25) is 0 Å². The Balaban J connectivity index is 2.55. The minimum Gasteiger partial charge on any atom is -0.497 e. The maximum Gasteiger partial charge on any atom is 0.341 e. The van der Waals surface area contributed by atoms with Crippen molar-refractivity contribution in [2.45, 2.75) is 13.8 Å². The Morgan fingerprint density at radius 3 is 2.25 bits per heavy atom. The van der Waals surface area contributed by atoms with E-state index in [0.717, 1.165) is 28.1 Å². The molecule has 0 saturated heterocycles. The number of carbonyl (C=O) groups is 1. The lowest BCUT2D eigenvalue weighted by atomic mass is 9.99. The van der Waals surface area contributed by atoms with Crippen LogP contribution in [0.25, 0.3) is 11.3 Å². The molecule has 2 aromatic rings. The summed E-state index contributed by atoms with van der Waals surface area (Å²) in [5, 5.41) is 0. The van der Waals surface area contributed by atoms with Crippen molar-refractivity contribution in [2.24, 2.45) is 0 Å². The minimum atomic E-state index is -0.450. The quantitative estimate of drug-likeness (QED) is 0.843. The third-order valence-corrected chi connectivity index (χ3v) is 3.26. The van der Waals surface area contributed by atoms with Crippen LogP contribution < -0.4 is 10.5 Å². The third-order valence-electron chi connectivity index (χ3n) is 3.26. The molecule has 0 bridgehead atoms. The monoisotopic (exact) mass is 274 g/mol. The lowest BCUT2D eigenvalue weighted by molar-refractivity contribution is 0.0602. The molecule has 0 fully saturated rings. The Labute approximate surface area is 117 Å². The van der Waals surface area contributed by atoms with E-state index in [0.29, 0.717) is 11.4 Å². The first-order valence-corrected chi connectivity index (χ1v) is 6.20. The van der Waals surface area contributed by atoms with E-state index in [4.69, 9.17) is 15.2 Å². The fourth-order valence-corrected chi connectivity index (χ4v) is 2.35. The van der Waals surface area contributed by atoms with Crippen LogP contribution in [0.15, 0.2) is 18.2 Å². The van der Waals surface area contributed by atoms with E-state index in [2.05, 4.69) is 4.98 Å². The molecule has 0 unspecified atom stereocenters. The fourth-order valence-electron chi connectivity index (χ4n) is 2.35. The Bertz CT molecular complexity index is 636. The number of nitrogens with one attached hydrogen (secondary N) is 1. The van der Waals surface area contributed by atoms with Crippen molar-refractivity contribution in [2.75, 3.05) is 20.0 Å². The van der Waals surface area contributed by atoms with E-state index in [1.807, 2.05) is 26.0 Å². The van der Waals surface area contributed by atoms with Crippen molar-refractivity contribution in [1.29, 1.82) is 0 Å². The van der Waals surface area contributed by atoms with Crippen molar-refractivity contribution < 1.29 is 14.3 Å². The topological polar surface area (TPSA) is 77.3 Å².